The Bertz CT molecular complexity index is 747. The highest BCUT2D eigenvalue weighted by Crippen LogP contribution is 2.30. The van der Waals surface area contributed by atoms with E-state index in [-0.39, 0.29) is 0 Å². The predicted molar refractivity (Wildman–Crippen MR) is 82.0 cm³/mol. The molecule has 0 aliphatic carbocycles. The van der Waals surface area contributed by atoms with Crippen molar-refractivity contribution in [2.75, 3.05) is 11.1 Å². The number of fused-ring (bicyclic) bond motifs is 1. The van der Waals surface area contributed by atoms with Crippen molar-refractivity contribution in [3.05, 3.63) is 34.6 Å². The lowest BCUT2D eigenvalue weighted by Gasteiger charge is -2.05. The van der Waals surface area contributed by atoms with E-state index in [1.807, 2.05) is 19.1 Å². The Labute approximate surface area is 120 Å². The molecule has 0 aromatic carbocycles. The molecule has 0 aliphatic heterocycles. The first-order chi connectivity index (χ1) is 9.65. The molecule has 3 rings (SSSR count). The molecular weight excluding hydrogens is 272 g/mol. The number of thiophene rings is 1. The van der Waals surface area contributed by atoms with Crippen LogP contribution in [0.5, 0.6) is 0 Å². The summed E-state index contributed by atoms with van der Waals surface area (Å²) in [6.45, 7) is 4.63. The van der Waals surface area contributed by atoms with Crippen LogP contribution in [0.25, 0.3) is 10.2 Å². The van der Waals surface area contributed by atoms with E-state index in [2.05, 4.69) is 28.3 Å². The van der Waals surface area contributed by atoms with Crippen LogP contribution in [0.3, 0.4) is 0 Å². The molecule has 104 valence electrons. The predicted octanol–water partition coefficient (Wildman–Crippen LogP) is 3.35. The number of aromatic nitrogens is 2. The van der Waals surface area contributed by atoms with Gasteiger partial charge in [0.1, 0.15) is 22.2 Å². The Morgan fingerprint density at radius 3 is 2.90 bits per heavy atom. The van der Waals surface area contributed by atoms with Gasteiger partial charge in [-0.15, -0.1) is 11.3 Å². The number of nitrogens with one attached hydrogen (secondary N) is 1. The Hall–Kier alpha value is -2.08. The smallest absolute Gasteiger partial charge is 0.223 e. The fraction of sp³-hybridized carbons (Fsp3) is 0.286. The molecule has 0 aliphatic rings. The lowest BCUT2D eigenvalue weighted by molar-refractivity contribution is 0.490. The molecule has 3 N–H and O–H groups in total. The number of hydrogen-bond donors (Lipinski definition) is 2. The summed E-state index contributed by atoms with van der Waals surface area (Å²) in [6, 6.07) is 6.02. The van der Waals surface area contributed by atoms with Crippen molar-refractivity contribution in [3.8, 4) is 0 Å². The number of nitrogens with zero attached hydrogens (tertiary/aromatic N) is 2. The molecule has 20 heavy (non-hydrogen) atoms. The maximum Gasteiger partial charge on any atom is 0.223 e. The average molecular weight is 288 g/mol. The third kappa shape index (κ3) is 2.46. The Balaban J connectivity index is 1.91. The molecule has 3 heterocycles. The monoisotopic (exact) mass is 288 g/mol. The van der Waals surface area contributed by atoms with Gasteiger partial charge in [0, 0.05) is 4.88 Å². The molecule has 0 fully saturated rings. The van der Waals surface area contributed by atoms with Gasteiger partial charge >= 0.3 is 0 Å². The number of anilines is 2. The zero-order chi connectivity index (χ0) is 14.1. The molecule has 0 atom stereocenters. The minimum Gasteiger partial charge on any atom is -0.465 e. The van der Waals surface area contributed by atoms with Crippen LogP contribution in [0.2, 0.25) is 0 Å². The van der Waals surface area contributed by atoms with Crippen LogP contribution < -0.4 is 11.1 Å². The third-order valence-corrected chi connectivity index (χ3v) is 4.21. The van der Waals surface area contributed by atoms with Crippen molar-refractivity contribution in [2.45, 2.75) is 26.8 Å². The Morgan fingerprint density at radius 1 is 1.35 bits per heavy atom. The number of nitrogens with two attached hydrogens (primary N) is 1. The SMILES string of the molecule is CCc1cc2c(NCc3ccc(C)o3)nc(N)nc2s1. The number of nitrogen functional groups attached to an aromatic ring is 1. The number of aryl methyl sites for hydroxylation is 2. The quantitative estimate of drug-likeness (QED) is 0.770. The van der Waals surface area contributed by atoms with Crippen molar-refractivity contribution in [3.63, 3.8) is 0 Å². The summed E-state index contributed by atoms with van der Waals surface area (Å²) >= 11 is 1.66. The maximum atomic E-state index is 5.77. The fourth-order valence-corrected chi connectivity index (χ4v) is 3.02. The van der Waals surface area contributed by atoms with Crippen LogP contribution in [-0.2, 0) is 13.0 Å². The largest absolute Gasteiger partial charge is 0.465 e. The van der Waals surface area contributed by atoms with Crippen molar-refractivity contribution >= 4 is 33.3 Å². The summed E-state index contributed by atoms with van der Waals surface area (Å²) in [4.78, 5) is 10.8. The summed E-state index contributed by atoms with van der Waals surface area (Å²) in [5.41, 5.74) is 5.77. The molecule has 6 heteroatoms. The minimum absolute atomic E-state index is 0.292. The second-order valence-corrected chi connectivity index (χ2v) is 5.70. The van der Waals surface area contributed by atoms with Gasteiger partial charge in [0.15, 0.2) is 0 Å². The van der Waals surface area contributed by atoms with E-state index in [4.69, 9.17) is 10.2 Å². The van der Waals surface area contributed by atoms with Crippen LogP contribution in [-0.4, -0.2) is 9.97 Å². The van der Waals surface area contributed by atoms with Gasteiger partial charge in [-0.3, -0.25) is 0 Å². The van der Waals surface area contributed by atoms with E-state index in [9.17, 15) is 0 Å². The second-order valence-electron chi connectivity index (χ2n) is 4.58. The molecule has 3 aromatic heterocycles. The topological polar surface area (TPSA) is 77.0 Å². The first-order valence-electron chi connectivity index (χ1n) is 6.51. The van der Waals surface area contributed by atoms with Gasteiger partial charge in [-0.25, -0.2) is 4.98 Å². The summed E-state index contributed by atoms with van der Waals surface area (Å²) in [6.07, 6.45) is 0.984. The van der Waals surface area contributed by atoms with E-state index in [0.717, 1.165) is 34.0 Å². The van der Waals surface area contributed by atoms with Crippen LogP contribution >= 0.6 is 11.3 Å². The molecule has 0 amide bonds. The van der Waals surface area contributed by atoms with E-state index >= 15 is 0 Å². The van der Waals surface area contributed by atoms with Crippen LogP contribution in [0.4, 0.5) is 11.8 Å². The summed E-state index contributed by atoms with van der Waals surface area (Å²) in [7, 11) is 0. The highest BCUT2D eigenvalue weighted by molar-refractivity contribution is 7.18. The summed E-state index contributed by atoms with van der Waals surface area (Å²) in [5.74, 6) is 2.83. The zero-order valence-electron chi connectivity index (χ0n) is 11.4. The van der Waals surface area contributed by atoms with E-state index < -0.39 is 0 Å². The number of rotatable bonds is 4. The molecule has 0 unspecified atom stereocenters. The lowest BCUT2D eigenvalue weighted by Crippen LogP contribution is -2.04. The summed E-state index contributed by atoms with van der Waals surface area (Å²) in [5, 5.41) is 4.30. The lowest BCUT2D eigenvalue weighted by atomic mass is 10.3. The fourth-order valence-electron chi connectivity index (χ4n) is 2.05. The molecule has 3 aromatic rings. The van der Waals surface area contributed by atoms with Gasteiger partial charge in [-0.2, -0.15) is 4.98 Å². The number of hydrogen-bond acceptors (Lipinski definition) is 6. The van der Waals surface area contributed by atoms with E-state index in [0.29, 0.717) is 12.5 Å². The third-order valence-electron chi connectivity index (χ3n) is 3.04. The van der Waals surface area contributed by atoms with Crippen molar-refractivity contribution in [1.82, 2.24) is 9.97 Å². The normalized spacial score (nSPS) is 11.1. The van der Waals surface area contributed by atoms with Crippen LogP contribution in [0, 0.1) is 6.92 Å². The first-order valence-corrected chi connectivity index (χ1v) is 7.32. The van der Waals surface area contributed by atoms with Gasteiger partial charge in [0.05, 0.1) is 11.9 Å². The van der Waals surface area contributed by atoms with Crippen molar-refractivity contribution < 1.29 is 4.42 Å². The molecule has 0 saturated heterocycles. The van der Waals surface area contributed by atoms with Crippen LogP contribution in [0.1, 0.15) is 23.3 Å². The van der Waals surface area contributed by atoms with E-state index in [1.165, 1.54) is 4.88 Å². The summed E-state index contributed by atoms with van der Waals surface area (Å²) < 4.78 is 5.54. The molecule has 0 radical (unpaired) electrons. The van der Waals surface area contributed by atoms with Gasteiger partial charge in [0.25, 0.3) is 0 Å². The molecule has 0 bridgehead atoms. The van der Waals surface area contributed by atoms with E-state index in [1.54, 1.807) is 11.3 Å². The molecule has 0 saturated carbocycles. The van der Waals surface area contributed by atoms with Gasteiger partial charge < -0.3 is 15.5 Å². The molecular formula is C14H16N4OS. The molecule has 0 spiro atoms. The maximum absolute atomic E-state index is 5.77. The van der Waals surface area contributed by atoms with Crippen LogP contribution in [0.15, 0.2) is 22.6 Å². The Kier molecular flexibility index (Phi) is 3.31. The van der Waals surface area contributed by atoms with Gasteiger partial charge in [0.2, 0.25) is 5.95 Å². The average Bonchev–Trinajstić information content (AvgIpc) is 3.01. The zero-order valence-corrected chi connectivity index (χ0v) is 12.3. The van der Waals surface area contributed by atoms with Crippen molar-refractivity contribution in [2.24, 2.45) is 0 Å². The van der Waals surface area contributed by atoms with Gasteiger partial charge in [-0.1, -0.05) is 6.92 Å². The second kappa shape index (κ2) is 5.13. The minimum atomic E-state index is 0.292. The highest BCUT2D eigenvalue weighted by atomic mass is 32.1. The van der Waals surface area contributed by atoms with Gasteiger partial charge in [-0.05, 0) is 31.5 Å². The van der Waals surface area contributed by atoms with Crippen molar-refractivity contribution in [1.29, 1.82) is 0 Å². The standard InChI is InChI=1S/C14H16N4OS/c1-3-10-6-11-12(17-14(15)18-13(11)20-10)16-7-9-5-4-8(2)19-9/h4-6H,3,7H2,1-2H3,(H3,15,16,17,18). The first kappa shape index (κ1) is 12.9. The highest BCUT2D eigenvalue weighted by Gasteiger charge is 2.10. The Morgan fingerprint density at radius 2 is 2.20 bits per heavy atom. The molecule has 5 nitrogen and oxygen atoms in total. The number of furan rings is 1.